The number of esters is 1. The predicted octanol–water partition coefficient (Wildman–Crippen LogP) is 3.15. The van der Waals surface area contributed by atoms with Gasteiger partial charge in [-0.25, -0.2) is 4.79 Å². The van der Waals surface area contributed by atoms with Crippen molar-refractivity contribution in [1.82, 2.24) is 10.2 Å². The van der Waals surface area contributed by atoms with Crippen molar-refractivity contribution >= 4 is 11.9 Å². The Bertz CT molecular complexity index is 879. The molecule has 0 saturated carbocycles. The second-order valence-electron chi connectivity index (χ2n) is 7.94. The van der Waals surface area contributed by atoms with Crippen LogP contribution in [0.4, 0.5) is 0 Å². The predicted molar refractivity (Wildman–Crippen MR) is 116 cm³/mol. The van der Waals surface area contributed by atoms with Gasteiger partial charge in [0.05, 0.1) is 25.3 Å². The molecule has 1 heterocycles. The molecule has 0 aromatic heterocycles. The van der Waals surface area contributed by atoms with Gasteiger partial charge in [0.15, 0.2) is 0 Å². The zero-order valence-electron chi connectivity index (χ0n) is 18.1. The first-order chi connectivity index (χ1) is 14.4. The highest BCUT2D eigenvalue weighted by Gasteiger charge is 2.42. The highest BCUT2D eigenvalue weighted by atomic mass is 16.5. The second-order valence-corrected chi connectivity index (χ2v) is 7.94. The molecule has 1 N–H and O–H groups in total. The smallest absolute Gasteiger partial charge is 0.337 e. The monoisotopic (exact) mass is 410 g/mol. The summed E-state index contributed by atoms with van der Waals surface area (Å²) < 4.78 is 10.1. The maximum Gasteiger partial charge on any atom is 0.337 e. The van der Waals surface area contributed by atoms with E-state index in [-0.39, 0.29) is 23.5 Å². The standard InChI is InChI=1S/C24H30N2O4/c1-17(27)25-21-13-14-26(2)24(16-21,20-9-11-22(29-3)12-10-20)15-18-5-7-19(8-6-18)23(28)30-4/h5-12,21H,13-16H2,1-4H3,(H,25,27). The summed E-state index contributed by atoms with van der Waals surface area (Å²) in [6.45, 7) is 2.44. The van der Waals surface area contributed by atoms with Crippen molar-refractivity contribution in [2.45, 2.75) is 37.8 Å². The molecule has 1 amide bonds. The molecule has 2 unspecified atom stereocenters. The van der Waals surface area contributed by atoms with Crippen LogP contribution in [0.5, 0.6) is 5.75 Å². The lowest BCUT2D eigenvalue weighted by atomic mass is 9.74. The fraction of sp³-hybridized carbons (Fsp3) is 0.417. The Balaban J connectivity index is 1.97. The van der Waals surface area contributed by atoms with Gasteiger partial charge in [-0.15, -0.1) is 0 Å². The number of hydrogen-bond donors (Lipinski definition) is 1. The number of piperidine rings is 1. The van der Waals surface area contributed by atoms with Crippen molar-refractivity contribution in [3.8, 4) is 5.75 Å². The summed E-state index contributed by atoms with van der Waals surface area (Å²) in [5.74, 6) is 0.468. The Hall–Kier alpha value is -2.86. The average molecular weight is 411 g/mol. The number of methoxy groups -OCH3 is 2. The van der Waals surface area contributed by atoms with Gasteiger partial charge in [-0.1, -0.05) is 24.3 Å². The molecule has 3 rings (SSSR count). The van der Waals surface area contributed by atoms with Gasteiger partial charge in [0.25, 0.3) is 0 Å². The number of carbonyl (C=O) groups is 2. The molecule has 0 bridgehead atoms. The molecule has 0 aliphatic carbocycles. The Morgan fingerprint density at radius 3 is 2.33 bits per heavy atom. The first kappa shape index (κ1) is 21.8. The van der Waals surface area contributed by atoms with Crippen LogP contribution in [0.25, 0.3) is 0 Å². The molecular formula is C24H30N2O4. The summed E-state index contributed by atoms with van der Waals surface area (Å²) in [6, 6.07) is 15.8. The normalized spacial score (nSPS) is 21.7. The number of nitrogens with zero attached hydrogens (tertiary/aromatic N) is 1. The van der Waals surface area contributed by atoms with E-state index in [1.807, 2.05) is 24.3 Å². The van der Waals surface area contributed by atoms with Crippen molar-refractivity contribution < 1.29 is 19.1 Å². The first-order valence-electron chi connectivity index (χ1n) is 10.2. The lowest BCUT2D eigenvalue weighted by Gasteiger charge is -2.49. The quantitative estimate of drug-likeness (QED) is 0.741. The molecule has 6 heteroatoms. The Labute approximate surface area is 178 Å². The van der Waals surface area contributed by atoms with Gasteiger partial charge in [-0.3, -0.25) is 9.69 Å². The van der Waals surface area contributed by atoms with Crippen LogP contribution in [0.3, 0.4) is 0 Å². The van der Waals surface area contributed by atoms with Crippen molar-refractivity contribution in [1.29, 1.82) is 0 Å². The fourth-order valence-electron chi connectivity index (χ4n) is 4.40. The molecule has 2 aromatic carbocycles. The maximum absolute atomic E-state index is 11.8. The molecular weight excluding hydrogens is 380 g/mol. The third-order valence-electron chi connectivity index (χ3n) is 6.03. The van der Waals surface area contributed by atoms with Gasteiger partial charge >= 0.3 is 5.97 Å². The number of carbonyl (C=O) groups excluding carboxylic acids is 2. The third kappa shape index (κ3) is 4.65. The number of likely N-dealkylation sites (N-methyl/N-ethyl adjacent to an activating group) is 1. The lowest BCUT2D eigenvalue weighted by Crippen LogP contribution is -2.55. The lowest BCUT2D eigenvalue weighted by molar-refractivity contribution is -0.120. The van der Waals surface area contributed by atoms with Gasteiger partial charge in [-0.2, -0.15) is 0 Å². The van der Waals surface area contributed by atoms with Gasteiger partial charge in [0.1, 0.15) is 5.75 Å². The first-order valence-corrected chi connectivity index (χ1v) is 10.2. The summed E-state index contributed by atoms with van der Waals surface area (Å²) in [6.07, 6.45) is 2.47. The fourth-order valence-corrected chi connectivity index (χ4v) is 4.40. The minimum atomic E-state index is -0.341. The molecule has 0 radical (unpaired) electrons. The van der Waals surface area contributed by atoms with Crippen molar-refractivity contribution in [3.05, 3.63) is 65.2 Å². The van der Waals surface area contributed by atoms with E-state index in [4.69, 9.17) is 9.47 Å². The number of rotatable bonds is 6. The summed E-state index contributed by atoms with van der Waals surface area (Å²) in [7, 11) is 5.18. The highest BCUT2D eigenvalue weighted by molar-refractivity contribution is 5.89. The second kappa shape index (κ2) is 9.30. The van der Waals surface area contributed by atoms with Crippen LogP contribution >= 0.6 is 0 Å². The van der Waals surface area contributed by atoms with Crippen LogP contribution in [-0.4, -0.2) is 50.6 Å². The van der Waals surface area contributed by atoms with Crippen LogP contribution < -0.4 is 10.1 Å². The molecule has 2 aromatic rings. The molecule has 2 atom stereocenters. The molecule has 1 fully saturated rings. The molecule has 30 heavy (non-hydrogen) atoms. The summed E-state index contributed by atoms with van der Waals surface area (Å²) in [5.41, 5.74) is 2.55. The van der Waals surface area contributed by atoms with E-state index in [0.717, 1.165) is 37.1 Å². The Morgan fingerprint density at radius 2 is 1.77 bits per heavy atom. The molecule has 1 saturated heterocycles. The van der Waals surface area contributed by atoms with E-state index >= 15 is 0 Å². The molecule has 1 aliphatic rings. The minimum absolute atomic E-state index is 0.00406. The minimum Gasteiger partial charge on any atom is -0.497 e. The van der Waals surface area contributed by atoms with Crippen LogP contribution in [-0.2, 0) is 21.5 Å². The van der Waals surface area contributed by atoms with Crippen molar-refractivity contribution in [3.63, 3.8) is 0 Å². The van der Waals surface area contributed by atoms with Crippen LogP contribution in [0.2, 0.25) is 0 Å². The van der Waals surface area contributed by atoms with Gasteiger partial charge in [-0.05, 0) is 61.7 Å². The summed E-state index contributed by atoms with van der Waals surface area (Å²) >= 11 is 0. The topological polar surface area (TPSA) is 67.9 Å². The van der Waals surface area contributed by atoms with Crippen molar-refractivity contribution in [2.75, 3.05) is 27.8 Å². The third-order valence-corrected chi connectivity index (χ3v) is 6.03. The molecule has 0 spiro atoms. The van der Waals surface area contributed by atoms with E-state index in [1.165, 1.54) is 12.7 Å². The van der Waals surface area contributed by atoms with Gasteiger partial charge < -0.3 is 14.8 Å². The number of amides is 1. The summed E-state index contributed by atoms with van der Waals surface area (Å²) in [4.78, 5) is 25.9. The summed E-state index contributed by atoms with van der Waals surface area (Å²) in [5, 5.41) is 3.12. The number of likely N-dealkylation sites (tertiary alicyclic amines) is 1. The Kier molecular flexibility index (Phi) is 6.77. The molecule has 6 nitrogen and oxygen atoms in total. The van der Waals surface area contributed by atoms with Crippen LogP contribution in [0, 0.1) is 0 Å². The number of benzene rings is 2. The van der Waals surface area contributed by atoms with E-state index in [0.29, 0.717) is 5.56 Å². The maximum atomic E-state index is 11.8. The number of ether oxygens (including phenoxy) is 2. The van der Waals surface area contributed by atoms with Crippen LogP contribution in [0.1, 0.15) is 41.3 Å². The van der Waals surface area contributed by atoms with Crippen molar-refractivity contribution in [2.24, 2.45) is 0 Å². The molecule has 160 valence electrons. The SMILES string of the molecule is COC(=O)c1ccc(CC2(c3ccc(OC)cc3)CC(NC(C)=O)CCN2C)cc1. The van der Waals surface area contributed by atoms with Gasteiger partial charge in [0, 0.05) is 19.5 Å². The zero-order chi connectivity index (χ0) is 21.7. The zero-order valence-corrected chi connectivity index (χ0v) is 18.1. The van der Waals surface area contributed by atoms with E-state index in [9.17, 15) is 9.59 Å². The van der Waals surface area contributed by atoms with Crippen LogP contribution in [0.15, 0.2) is 48.5 Å². The number of hydrogen-bond acceptors (Lipinski definition) is 5. The van der Waals surface area contributed by atoms with E-state index in [1.54, 1.807) is 26.2 Å². The van der Waals surface area contributed by atoms with E-state index < -0.39 is 0 Å². The highest BCUT2D eigenvalue weighted by Crippen LogP contribution is 2.40. The Morgan fingerprint density at radius 1 is 1.10 bits per heavy atom. The average Bonchev–Trinajstić information content (AvgIpc) is 2.75. The van der Waals surface area contributed by atoms with Gasteiger partial charge in [0.2, 0.25) is 5.91 Å². The van der Waals surface area contributed by atoms with E-state index in [2.05, 4.69) is 29.4 Å². The molecule has 1 aliphatic heterocycles. The largest absolute Gasteiger partial charge is 0.497 e. The number of nitrogens with one attached hydrogen (secondary N) is 1.